The number of rotatable bonds is 5. The largest absolute Gasteiger partial charge is 0.324 e. The summed E-state index contributed by atoms with van der Waals surface area (Å²) in [6, 6.07) is 9.62. The van der Waals surface area contributed by atoms with Gasteiger partial charge in [0.25, 0.3) is 0 Å². The third-order valence-corrected chi connectivity index (χ3v) is 4.80. The van der Waals surface area contributed by atoms with E-state index >= 15 is 0 Å². The van der Waals surface area contributed by atoms with Crippen LogP contribution in [0.4, 0.5) is 11.4 Å². The molecule has 0 saturated heterocycles. The van der Waals surface area contributed by atoms with Crippen LogP contribution in [0, 0.1) is 27.7 Å². The molecule has 1 N–H and O–H groups in total. The Morgan fingerprint density at radius 2 is 1.77 bits per heavy atom. The second-order valence-corrected chi connectivity index (χ2v) is 7.03. The van der Waals surface area contributed by atoms with E-state index in [0.717, 1.165) is 27.9 Å². The Bertz CT molecular complexity index is 823. The number of hydrogen-bond acceptors (Lipinski definition) is 2. The van der Waals surface area contributed by atoms with Crippen LogP contribution in [0.2, 0.25) is 5.02 Å². The molecule has 26 heavy (non-hydrogen) atoms. The fourth-order valence-corrected chi connectivity index (χ4v) is 3.33. The van der Waals surface area contributed by atoms with Crippen LogP contribution >= 0.6 is 11.6 Å². The molecular formula is C21H25ClN2O2. The van der Waals surface area contributed by atoms with Crippen molar-refractivity contribution < 1.29 is 9.59 Å². The number of anilines is 2. The van der Waals surface area contributed by atoms with Gasteiger partial charge in [-0.15, -0.1) is 0 Å². The predicted molar refractivity (Wildman–Crippen MR) is 108 cm³/mol. The molecule has 2 aromatic rings. The first-order chi connectivity index (χ1) is 12.2. The molecule has 4 nitrogen and oxygen atoms in total. The van der Waals surface area contributed by atoms with E-state index in [-0.39, 0.29) is 18.2 Å². The van der Waals surface area contributed by atoms with Crippen LogP contribution in [-0.2, 0) is 9.59 Å². The van der Waals surface area contributed by atoms with E-state index < -0.39 is 0 Å². The van der Waals surface area contributed by atoms with E-state index in [1.807, 2.05) is 58.0 Å². The van der Waals surface area contributed by atoms with Crippen molar-refractivity contribution in [2.75, 3.05) is 16.8 Å². The number of nitrogens with zero attached hydrogens (tertiary/aromatic N) is 1. The Kier molecular flexibility index (Phi) is 6.43. The number of hydrogen-bond donors (Lipinski definition) is 1. The minimum Gasteiger partial charge on any atom is -0.324 e. The molecule has 0 saturated carbocycles. The number of nitrogens with one attached hydrogen (secondary N) is 1. The van der Waals surface area contributed by atoms with Crippen molar-refractivity contribution >= 4 is 34.8 Å². The molecule has 0 aliphatic heterocycles. The fraction of sp³-hybridized carbons (Fsp3) is 0.333. The fourth-order valence-electron chi connectivity index (χ4n) is 2.96. The van der Waals surface area contributed by atoms with Crippen molar-refractivity contribution in [2.45, 2.75) is 41.0 Å². The summed E-state index contributed by atoms with van der Waals surface area (Å²) >= 11 is 6.25. The van der Waals surface area contributed by atoms with E-state index in [0.29, 0.717) is 17.3 Å². The smallest absolute Gasteiger partial charge is 0.226 e. The molecule has 0 heterocycles. The molecule has 2 amide bonds. The van der Waals surface area contributed by atoms with Gasteiger partial charge in [-0.05, 0) is 62.1 Å². The monoisotopic (exact) mass is 372 g/mol. The zero-order chi connectivity index (χ0) is 19.4. The van der Waals surface area contributed by atoms with E-state index in [2.05, 4.69) is 5.32 Å². The molecule has 5 heteroatoms. The van der Waals surface area contributed by atoms with Crippen molar-refractivity contribution in [3.8, 4) is 0 Å². The molecule has 0 aliphatic carbocycles. The van der Waals surface area contributed by atoms with Gasteiger partial charge in [0.15, 0.2) is 0 Å². The third-order valence-electron chi connectivity index (χ3n) is 4.51. The second kappa shape index (κ2) is 8.37. The van der Waals surface area contributed by atoms with Gasteiger partial charge in [-0.3, -0.25) is 9.59 Å². The first-order valence-corrected chi connectivity index (χ1v) is 8.99. The average molecular weight is 373 g/mol. The minimum atomic E-state index is -0.171. The zero-order valence-corrected chi connectivity index (χ0v) is 16.7. The Balaban J connectivity index is 2.11. The molecule has 0 bridgehead atoms. The van der Waals surface area contributed by atoms with Crippen LogP contribution in [0.3, 0.4) is 0 Å². The number of aryl methyl sites for hydroxylation is 3. The summed E-state index contributed by atoms with van der Waals surface area (Å²) in [5, 5.41) is 3.39. The lowest BCUT2D eigenvalue weighted by Crippen LogP contribution is -2.32. The normalized spacial score (nSPS) is 10.5. The minimum absolute atomic E-state index is 0.0870. The summed E-state index contributed by atoms with van der Waals surface area (Å²) < 4.78 is 0. The lowest BCUT2D eigenvalue weighted by Gasteiger charge is -2.24. The first kappa shape index (κ1) is 20.0. The molecular weight excluding hydrogens is 348 g/mol. The van der Waals surface area contributed by atoms with Gasteiger partial charge in [0.05, 0.1) is 10.7 Å². The van der Waals surface area contributed by atoms with Gasteiger partial charge in [0, 0.05) is 25.6 Å². The highest BCUT2D eigenvalue weighted by molar-refractivity contribution is 6.34. The highest BCUT2D eigenvalue weighted by Gasteiger charge is 2.17. The quantitative estimate of drug-likeness (QED) is 0.806. The Labute approximate surface area is 160 Å². The maximum atomic E-state index is 12.4. The molecule has 2 aromatic carbocycles. The van der Waals surface area contributed by atoms with E-state index in [1.54, 1.807) is 4.90 Å². The van der Waals surface area contributed by atoms with Crippen LogP contribution in [0.25, 0.3) is 0 Å². The summed E-state index contributed by atoms with van der Waals surface area (Å²) in [7, 11) is 0. The lowest BCUT2D eigenvalue weighted by molar-refractivity contribution is -0.117. The average Bonchev–Trinajstić information content (AvgIpc) is 2.54. The van der Waals surface area contributed by atoms with Crippen LogP contribution in [0.5, 0.6) is 0 Å². The SMILES string of the molecule is CC(=O)N(CCC(=O)Nc1c(C)cc(C)cc1Cl)c1cccc(C)c1C. The highest BCUT2D eigenvalue weighted by atomic mass is 35.5. The van der Waals surface area contributed by atoms with Crippen LogP contribution < -0.4 is 10.2 Å². The van der Waals surface area contributed by atoms with Crippen molar-refractivity contribution in [3.63, 3.8) is 0 Å². The summed E-state index contributed by atoms with van der Waals surface area (Å²) in [4.78, 5) is 26.1. The maximum absolute atomic E-state index is 12.4. The second-order valence-electron chi connectivity index (χ2n) is 6.63. The van der Waals surface area contributed by atoms with Gasteiger partial charge in [0.2, 0.25) is 11.8 Å². The zero-order valence-electron chi connectivity index (χ0n) is 15.9. The number of carbonyl (C=O) groups is 2. The third kappa shape index (κ3) is 4.64. The Morgan fingerprint density at radius 1 is 1.08 bits per heavy atom. The molecule has 2 rings (SSSR count). The van der Waals surface area contributed by atoms with E-state index in [4.69, 9.17) is 11.6 Å². The van der Waals surface area contributed by atoms with E-state index in [9.17, 15) is 9.59 Å². The molecule has 0 spiro atoms. The first-order valence-electron chi connectivity index (χ1n) is 8.61. The van der Waals surface area contributed by atoms with Crippen LogP contribution in [0.15, 0.2) is 30.3 Å². The van der Waals surface area contributed by atoms with Crippen LogP contribution in [0.1, 0.15) is 35.6 Å². The topological polar surface area (TPSA) is 49.4 Å². The van der Waals surface area contributed by atoms with Crippen molar-refractivity contribution in [1.29, 1.82) is 0 Å². The molecule has 0 fully saturated rings. The predicted octanol–water partition coefficient (Wildman–Crippen LogP) is 4.96. The van der Waals surface area contributed by atoms with Crippen LogP contribution in [-0.4, -0.2) is 18.4 Å². The molecule has 0 unspecified atom stereocenters. The Morgan fingerprint density at radius 3 is 2.38 bits per heavy atom. The summed E-state index contributed by atoms with van der Waals surface area (Å²) in [6.07, 6.45) is 0.191. The van der Waals surface area contributed by atoms with Crippen molar-refractivity contribution in [3.05, 3.63) is 57.6 Å². The van der Waals surface area contributed by atoms with Crippen molar-refractivity contribution in [1.82, 2.24) is 0 Å². The molecule has 0 atom stereocenters. The highest BCUT2D eigenvalue weighted by Crippen LogP contribution is 2.28. The Hall–Kier alpha value is -2.33. The van der Waals surface area contributed by atoms with Gasteiger partial charge < -0.3 is 10.2 Å². The van der Waals surface area contributed by atoms with Gasteiger partial charge >= 0.3 is 0 Å². The lowest BCUT2D eigenvalue weighted by atomic mass is 10.1. The molecule has 0 aliphatic rings. The summed E-state index contributed by atoms with van der Waals surface area (Å²) in [5.41, 5.74) is 5.59. The van der Waals surface area contributed by atoms with E-state index in [1.165, 1.54) is 6.92 Å². The van der Waals surface area contributed by atoms with Crippen molar-refractivity contribution in [2.24, 2.45) is 0 Å². The molecule has 0 aromatic heterocycles. The summed E-state index contributed by atoms with van der Waals surface area (Å²) in [5.74, 6) is -0.258. The number of amides is 2. The van der Waals surface area contributed by atoms with Gasteiger partial charge in [-0.25, -0.2) is 0 Å². The summed E-state index contributed by atoms with van der Waals surface area (Å²) in [6.45, 7) is 9.68. The molecule has 0 radical (unpaired) electrons. The standard InChI is InChI=1S/C21H25ClN2O2/c1-13-11-15(3)21(18(22)12-13)23-20(26)9-10-24(17(5)25)19-8-6-7-14(2)16(19)4/h6-8,11-12H,9-10H2,1-5H3,(H,23,26). The number of halogens is 1. The number of carbonyl (C=O) groups excluding carboxylic acids is 2. The number of benzene rings is 2. The van der Waals surface area contributed by atoms with Gasteiger partial charge in [-0.1, -0.05) is 29.8 Å². The van der Waals surface area contributed by atoms with Gasteiger partial charge in [-0.2, -0.15) is 0 Å². The maximum Gasteiger partial charge on any atom is 0.226 e. The molecule has 138 valence electrons. The van der Waals surface area contributed by atoms with Gasteiger partial charge in [0.1, 0.15) is 0 Å².